The molecule has 0 amide bonds. The highest BCUT2D eigenvalue weighted by molar-refractivity contribution is 6.24. The van der Waals surface area contributed by atoms with Gasteiger partial charge in [-0.25, -0.2) is 0 Å². The minimum atomic E-state index is -0.806. The second-order valence-electron chi connectivity index (χ2n) is 10.9. The third-order valence-electron chi connectivity index (χ3n) is 7.24. The minimum absolute atomic E-state index is 0.0286. The summed E-state index contributed by atoms with van der Waals surface area (Å²) in [6, 6.07) is 0. The SMILES string of the molecule is CC(C)=CCCC(C)CCCC(C)CCCC(C)(O)CCC1=C(C)C(=O)C(C)=C(C)C1=O. The molecular weight excluding hydrogens is 396 g/mol. The lowest BCUT2D eigenvalue weighted by Crippen LogP contribution is -2.27. The zero-order valence-electron chi connectivity index (χ0n) is 22.1. The molecule has 3 atom stereocenters. The molecule has 1 aliphatic rings. The van der Waals surface area contributed by atoms with Crippen molar-refractivity contribution in [3.05, 3.63) is 33.9 Å². The highest BCUT2D eigenvalue weighted by Gasteiger charge is 2.29. The summed E-state index contributed by atoms with van der Waals surface area (Å²) in [6.07, 6.45) is 12.5. The van der Waals surface area contributed by atoms with Crippen molar-refractivity contribution in [2.75, 3.05) is 0 Å². The van der Waals surface area contributed by atoms with Crippen molar-refractivity contribution < 1.29 is 14.7 Å². The molecule has 0 fully saturated rings. The van der Waals surface area contributed by atoms with Crippen LogP contribution in [0.3, 0.4) is 0 Å². The topological polar surface area (TPSA) is 54.4 Å². The fourth-order valence-corrected chi connectivity index (χ4v) is 4.57. The van der Waals surface area contributed by atoms with E-state index in [-0.39, 0.29) is 11.6 Å². The molecule has 1 aliphatic carbocycles. The number of ketones is 2. The summed E-state index contributed by atoms with van der Waals surface area (Å²) in [5.74, 6) is 1.40. The number of allylic oxidation sites excluding steroid dienone is 6. The third kappa shape index (κ3) is 9.57. The number of hydrogen-bond donors (Lipinski definition) is 1. The molecular formula is C29H48O3. The number of carbonyl (C=O) groups is 2. The van der Waals surface area contributed by atoms with Crippen LogP contribution in [0.1, 0.15) is 120 Å². The van der Waals surface area contributed by atoms with Crippen LogP contribution in [0.4, 0.5) is 0 Å². The molecule has 0 heterocycles. The number of rotatable bonds is 14. The van der Waals surface area contributed by atoms with Gasteiger partial charge in [-0.05, 0) is 85.5 Å². The van der Waals surface area contributed by atoms with E-state index in [4.69, 9.17) is 0 Å². The van der Waals surface area contributed by atoms with Gasteiger partial charge in [-0.3, -0.25) is 9.59 Å². The van der Waals surface area contributed by atoms with Gasteiger partial charge in [-0.2, -0.15) is 0 Å². The van der Waals surface area contributed by atoms with Crippen LogP contribution in [0.5, 0.6) is 0 Å². The van der Waals surface area contributed by atoms with E-state index < -0.39 is 5.60 Å². The molecule has 0 aliphatic heterocycles. The zero-order valence-corrected chi connectivity index (χ0v) is 22.1. The molecule has 0 spiro atoms. The molecule has 0 bridgehead atoms. The van der Waals surface area contributed by atoms with Crippen molar-refractivity contribution in [1.82, 2.24) is 0 Å². The van der Waals surface area contributed by atoms with Crippen LogP contribution in [0.2, 0.25) is 0 Å². The Hall–Kier alpha value is -1.48. The summed E-state index contributed by atoms with van der Waals surface area (Å²) in [5, 5.41) is 10.8. The fourth-order valence-electron chi connectivity index (χ4n) is 4.57. The summed E-state index contributed by atoms with van der Waals surface area (Å²) < 4.78 is 0. The van der Waals surface area contributed by atoms with Gasteiger partial charge in [0.25, 0.3) is 0 Å². The maximum atomic E-state index is 12.6. The van der Waals surface area contributed by atoms with Gasteiger partial charge in [0.05, 0.1) is 5.60 Å². The first kappa shape index (κ1) is 28.6. The van der Waals surface area contributed by atoms with Gasteiger partial charge in [-0.15, -0.1) is 0 Å². The van der Waals surface area contributed by atoms with Gasteiger partial charge < -0.3 is 5.11 Å². The maximum Gasteiger partial charge on any atom is 0.185 e. The van der Waals surface area contributed by atoms with Gasteiger partial charge >= 0.3 is 0 Å². The molecule has 1 N–H and O–H groups in total. The molecule has 1 rings (SSSR count). The predicted octanol–water partition coefficient (Wildman–Crippen LogP) is 7.68. The van der Waals surface area contributed by atoms with Crippen LogP contribution < -0.4 is 0 Å². The van der Waals surface area contributed by atoms with Gasteiger partial charge in [0.2, 0.25) is 0 Å². The largest absolute Gasteiger partial charge is 0.390 e. The standard InChI is InChI=1S/C29H48O3/c1-20(2)12-9-13-21(3)14-10-15-22(4)16-11-18-29(8,32)19-17-26-25(7)27(30)23(5)24(6)28(26)31/h12,21-22,32H,9-11,13-19H2,1-8H3. The Balaban J connectivity index is 2.34. The normalized spacial score (nSPS) is 18.7. The molecule has 0 saturated carbocycles. The lowest BCUT2D eigenvalue weighted by Gasteiger charge is -2.26. The molecule has 3 nitrogen and oxygen atoms in total. The fraction of sp³-hybridized carbons (Fsp3) is 0.724. The van der Waals surface area contributed by atoms with Crippen LogP contribution in [0.15, 0.2) is 33.9 Å². The summed E-state index contributed by atoms with van der Waals surface area (Å²) >= 11 is 0. The van der Waals surface area contributed by atoms with E-state index >= 15 is 0 Å². The van der Waals surface area contributed by atoms with Crippen molar-refractivity contribution in [3.8, 4) is 0 Å². The quantitative estimate of drug-likeness (QED) is 0.221. The Morgan fingerprint density at radius 2 is 1.38 bits per heavy atom. The van der Waals surface area contributed by atoms with E-state index in [0.717, 1.165) is 25.2 Å². The lowest BCUT2D eigenvalue weighted by molar-refractivity contribution is -0.116. The summed E-state index contributed by atoms with van der Waals surface area (Å²) in [6.45, 7) is 16.1. The molecule has 32 heavy (non-hydrogen) atoms. The monoisotopic (exact) mass is 444 g/mol. The Morgan fingerprint density at radius 3 is 1.97 bits per heavy atom. The molecule has 3 heteroatoms. The van der Waals surface area contributed by atoms with Crippen LogP contribution >= 0.6 is 0 Å². The Kier molecular flexibility index (Phi) is 11.9. The van der Waals surface area contributed by atoms with Gasteiger partial charge in [0, 0.05) is 22.3 Å². The average Bonchev–Trinajstić information content (AvgIpc) is 2.70. The summed E-state index contributed by atoms with van der Waals surface area (Å²) in [7, 11) is 0. The third-order valence-corrected chi connectivity index (χ3v) is 7.24. The highest BCUT2D eigenvalue weighted by atomic mass is 16.3. The van der Waals surface area contributed by atoms with E-state index in [0.29, 0.717) is 41.1 Å². The van der Waals surface area contributed by atoms with E-state index in [2.05, 4.69) is 33.8 Å². The highest BCUT2D eigenvalue weighted by Crippen LogP contribution is 2.31. The van der Waals surface area contributed by atoms with E-state index in [9.17, 15) is 14.7 Å². The van der Waals surface area contributed by atoms with Gasteiger partial charge in [0.15, 0.2) is 11.6 Å². The number of Topliss-reactive ketones (excluding diaryl/α,β-unsaturated/α-hetero) is 2. The number of aliphatic hydroxyl groups is 1. The maximum absolute atomic E-state index is 12.6. The van der Waals surface area contributed by atoms with Crippen LogP contribution in [0, 0.1) is 11.8 Å². The average molecular weight is 445 g/mol. The van der Waals surface area contributed by atoms with Crippen LogP contribution in [-0.4, -0.2) is 22.3 Å². The molecule has 182 valence electrons. The van der Waals surface area contributed by atoms with Crippen LogP contribution in [0.25, 0.3) is 0 Å². The van der Waals surface area contributed by atoms with E-state index in [1.54, 1.807) is 20.8 Å². The molecule has 0 aromatic carbocycles. The number of hydrogen-bond acceptors (Lipinski definition) is 3. The second-order valence-corrected chi connectivity index (χ2v) is 10.9. The molecule has 0 radical (unpaired) electrons. The minimum Gasteiger partial charge on any atom is -0.390 e. The lowest BCUT2D eigenvalue weighted by atomic mass is 9.81. The molecule has 0 saturated heterocycles. The van der Waals surface area contributed by atoms with Crippen molar-refractivity contribution in [1.29, 1.82) is 0 Å². The van der Waals surface area contributed by atoms with Crippen molar-refractivity contribution in [2.45, 2.75) is 125 Å². The number of carbonyl (C=O) groups excluding carboxylic acids is 2. The van der Waals surface area contributed by atoms with E-state index in [1.165, 1.54) is 37.7 Å². The van der Waals surface area contributed by atoms with E-state index in [1.807, 2.05) is 6.92 Å². The Labute approximate surface area is 197 Å². The predicted molar refractivity (Wildman–Crippen MR) is 136 cm³/mol. The first-order valence-corrected chi connectivity index (χ1v) is 12.7. The van der Waals surface area contributed by atoms with Crippen LogP contribution in [-0.2, 0) is 9.59 Å². The molecule has 3 unspecified atom stereocenters. The summed E-state index contributed by atoms with van der Waals surface area (Å²) in [5.41, 5.74) is 2.85. The van der Waals surface area contributed by atoms with Crippen molar-refractivity contribution in [2.24, 2.45) is 11.8 Å². The first-order valence-electron chi connectivity index (χ1n) is 12.7. The summed E-state index contributed by atoms with van der Waals surface area (Å²) in [4.78, 5) is 24.9. The Bertz CT molecular complexity index is 744. The molecule has 0 aromatic heterocycles. The first-order chi connectivity index (χ1) is 14.9. The van der Waals surface area contributed by atoms with Crippen molar-refractivity contribution in [3.63, 3.8) is 0 Å². The molecule has 0 aromatic rings. The zero-order chi connectivity index (χ0) is 24.5. The Morgan fingerprint density at radius 1 is 0.844 bits per heavy atom. The van der Waals surface area contributed by atoms with Gasteiger partial charge in [0.1, 0.15) is 0 Å². The van der Waals surface area contributed by atoms with Gasteiger partial charge in [-0.1, -0.05) is 57.6 Å². The smallest absolute Gasteiger partial charge is 0.185 e. The van der Waals surface area contributed by atoms with Crippen molar-refractivity contribution >= 4 is 11.6 Å². The second kappa shape index (κ2) is 13.3.